The third-order valence-corrected chi connectivity index (χ3v) is 4.45. The van der Waals surface area contributed by atoms with Gasteiger partial charge in [-0.15, -0.1) is 0 Å². The number of esters is 1. The van der Waals surface area contributed by atoms with Crippen molar-refractivity contribution < 1.29 is 19.7 Å². The van der Waals surface area contributed by atoms with Crippen molar-refractivity contribution >= 4 is 5.97 Å². The van der Waals surface area contributed by atoms with Crippen LogP contribution in [-0.4, -0.2) is 36.0 Å². The fourth-order valence-corrected chi connectivity index (χ4v) is 2.86. The predicted octanol–water partition coefficient (Wildman–Crippen LogP) is 2.37. The summed E-state index contributed by atoms with van der Waals surface area (Å²) in [7, 11) is 0. The Morgan fingerprint density at radius 1 is 1.15 bits per heavy atom. The molecule has 1 aliphatic carbocycles. The molecule has 4 heteroatoms. The molecule has 1 fully saturated rings. The molecule has 0 aromatic rings. The van der Waals surface area contributed by atoms with Crippen LogP contribution in [0.4, 0.5) is 0 Å². The Kier molecular flexibility index (Phi) is 4.62. The fourth-order valence-electron chi connectivity index (χ4n) is 2.86. The monoisotopic (exact) mass is 286 g/mol. The summed E-state index contributed by atoms with van der Waals surface area (Å²) in [6, 6.07) is 0. The number of ether oxygens (including phenoxy) is 1. The minimum absolute atomic E-state index is 0.0355. The van der Waals surface area contributed by atoms with Crippen LogP contribution in [0.25, 0.3) is 0 Å². The molecule has 0 saturated heterocycles. The summed E-state index contributed by atoms with van der Waals surface area (Å²) in [5.74, 6) is -0.189. The van der Waals surface area contributed by atoms with Crippen LogP contribution in [0, 0.1) is 21.7 Å². The van der Waals surface area contributed by atoms with E-state index in [2.05, 4.69) is 34.6 Å². The number of hydrogen-bond donors (Lipinski definition) is 2. The molecule has 0 heterocycles. The molecule has 20 heavy (non-hydrogen) atoms. The van der Waals surface area contributed by atoms with Crippen LogP contribution in [-0.2, 0) is 9.53 Å². The molecule has 1 unspecified atom stereocenters. The zero-order valence-corrected chi connectivity index (χ0v) is 13.7. The van der Waals surface area contributed by atoms with E-state index in [-0.39, 0.29) is 36.6 Å². The molecule has 1 saturated carbocycles. The molecule has 118 valence electrons. The molecule has 0 aromatic carbocycles. The predicted molar refractivity (Wildman–Crippen MR) is 78.1 cm³/mol. The Morgan fingerprint density at radius 3 is 1.90 bits per heavy atom. The van der Waals surface area contributed by atoms with Gasteiger partial charge in [0.25, 0.3) is 0 Å². The van der Waals surface area contributed by atoms with Gasteiger partial charge in [0, 0.05) is 5.41 Å². The number of aliphatic hydroxyl groups excluding tert-OH is 2. The molecular formula is C16H30O4. The molecule has 0 aliphatic heterocycles. The second kappa shape index (κ2) is 5.30. The number of carbonyl (C=O) groups is 1. The van der Waals surface area contributed by atoms with Crippen LogP contribution in [0.15, 0.2) is 0 Å². The van der Waals surface area contributed by atoms with Crippen LogP contribution in [0.5, 0.6) is 0 Å². The van der Waals surface area contributed by atoms with Gasteiger partial charge in [0.15, 0.2) is 0 Å². The van der Waals surface area contributed by atoms with Gasteiger partial charge in [-0.1, -0.05) is 41.5 Å². The van der Waals surface area contributed by atoms with Gasteiger partial charge in [0.2, 0.25) is 0 Å². The highest BCUT2D eigenvalue weighted by Crippen LogP contribution is 2.68. The van der Waals surface area contributed by atoms with Gasteiger partial charge in [0.1, 0.15) is 6.61 Å². The van der Waals surface area contributed by atoms with Crippen LogP contribution in [0.3, 0.4) is 0 Å². The Morgan fingerprint density at radius 2 is 1.60 bits per heavy atom. The Hall–Kier alpha value is -0.610. The lowest BCUT2D eigenvalue weighted by Crippen LogP contribution is -2.36. The van der Waals surface area contributed by atoms with E-state index in [1.54, 1.807) is 6.92 Å². The summed E-state index contributed by atoms with van der Waals surface area (Å²) in [5.41, 5.74) is -1.16. The third kappa shape index (κ3) is 3.53. The van der Waals surface area contributed by atoms with Crippen molar-refractivity contribution in [3.8, 4) is 0 Å². The van der Waals surface area contributed by atoms with Crippen LogP contribution in [0.2, 0.25) is 0 Å². The van der Waals surface area contributed by atoms with Gasteiger partial charge in [-0.3, -0.25) is 4.79 Å². The summed E-state index contributed by atoms with van der Waals surface area (Å²) >= 11 is 0. The highest BCUT2D eigenvalue weighted by Gasteiger charge is 2.67. The second-order valence-electron chi connectivity index (χ2n) is 8.58. The first-order valence-electron chi connectivity index (χ1n) is 7.30. The topological polar surface area (TPSA) is 66.8 Å². The average molecular weight is 286 g/mol. The van der Waals surface area contributed by atoms with Crippen molar-refractivity contribution in [2.45, 2.75) is 54.4 Å². The van der Waals surface area contributed by atoms with Crippen molar-refractivity contribution in [2.75, 3.05) is 19.8 Å². The van der Waals surface area contributed by atoms with Crippen molar-refractivity contribution in [2.24, 2.45) is 21.7 Å². The molecule has 0 bridgehead atoms. The van der Waals surface area contributed by atoms with Crippen molar-refractivity contribution in [3.63, 3.8) is 0 Å². The molecule has 0 radical (unpaired) electrons. The van der Waals surface area contributed by atoms with Crippen LogP contribution >= 0.6 is 0 Å². The second-order valence-corrected chi connectivity index (χ2v) is 8.58. The zero-order valence-electron chi connectivity index (χ0n) is 13.7. The van der Waals surface area contributed by atoms with E-state index in [9.17, 15) is 15.0 Å². The maximum atomic E-state index is 12.5. The molecule has 0 aromatic heterocycles. The third-order valence-electron chi connectivity index (χ3n) is 4.45. The number of aliphatic hydroxyl groups is 2. The van der Waals surface area contributed by atoms with Crippen molar-refractivity contribution in [3.05, 3.63) is 0 Å². The minimum Gasteiger partial charge on any atom is -0.464 e. The number of hydrogen-bond acceptors (Lipinski definition) is 4. The van der Waals surface area contributed by atoms with Gasteiger partial charge < -0.3 is 14.9 Å². The van der Waals surface area contributed by atoms with E-state index in [0.717, 1.165) is 12.8 Å². The lowest BCUT2D eigenvalue weighted by Gasteiger charge is -2.30. The van der Waals surface area contributed by atoms with Crippen LogP contribution < -0.4 is 0 Å². The largest absolute Gasteiger partial charge is 0.464 e. The normalized spacial score (nSPS) is 25.4. The van der Waals surface area contributed by atoms with Gasteiger partial charge in [-0.25, -0.2) is 0 Å². The quantitative estimate of drug-likeness (QED) is 0.736. The van der Waals surface area contributed by atoms with Gasteiger partial charge in [-0.05, 0) is 23.7 Å². The molecule has 4 nitrogen and oxygen atoms in total. The SMILES string of the molecule is CC(C)(C)CC1(C(=O)OCC(C)(CO)CO)CC1(C)C. The van der Waals surface area contributed by atoms with E-state index in [1.807, 2.05) is 0 Å². The molecule has 1 aliphatic rings. The standard InChI is InChI=1S/C16H30O4/c1-13(2,3)7-16(8-14(16,4)5)12(19)20-11-15(6,9-17)10-18/h17-18H,7-11H2,1-6H3. The average Bonchev–Trinajstić information content (AvgIpc) is 2.86. The maximum absolute atomic E-state index is 12.5. The first kappa shape index (κ1) is 17.4. The summed E-state index contributed by atoms with van der Waals surface area (Å²) in [6.07, 6.45) is 1.63. The number of rotatable bonds is 6. The minimum atomic E-state index is -0.766. The molecule has 1 rings (SSSR count). The molecule has 0 amide bonds. The Labute approximate surface area is 122 Å². The molecule has 2 N–H and O–H groups in total. The lowest BCUT2D eigenvalue weighted by molar-refractivity contribution is -0.158. The summed E-state index contributed by atoms with van der Waals surface area (Å²) in [6.45, 7) is 11.9. The maximum Gasteiger partial charge on any atom is 0.312 e. The van der Waals surface area contributed by atoms with Crippen molar-refractivity contribution in [1.82, 2.24) is 0 Å². The van der Waals surface area contributed by atoms with Crippen LogP contribution in [0.1, 0.15) is 54.4 Å². The summed E-state index contributed by atoms with van der Waals surface area (Å²) in [4.78, 5) is 12.5. The van der Waals surface area contributed by atoms with Gasteiger partial charge in [0.05, 0.1) is 18.6 Å². The fraction of sp³-hybridized carbons (Fsp3) is 0.938. The molecule has 1 atom stereocenters. The van der Waals surface area contributed by atoms with Gasteiger partial charge >= 0.3 is 5.97 Å². The van der Waals surface area contributed by atoms with E-state index >= 15 is 0 Å². The van der Waals surface area contributed by atoms with Gasteiger partial charge in [-0.2, -0.15) is 0 Å². The lowest BCUT2D eigenvalue weighted by atomic mass is 9.79. The number of carbonyl (C=O) groups excluding carboxylic acids is 1. The molecular weight excluding hydrogens is 256 g/mol. The molecule has 0 spiro atoms. The Bertz CT molecular complexity index is 363. The highest BCUT2D eigenvalue weighted by atomic mass is 16.5. The van der Waals surface area contributed by atoms with E-state index in [1.165, 1.54) is 0 Å². The first-order chi connectivity index (χ1) is 8.91. The van der Waals surface area contributed by atoms with E-state index in [0.29, 0.717) is 0 Å². The van der Waals surface area contributed by atoms with E-state index in [4.69, 9.17) is 4.74 Å². The Balaban J connectivity index is 2.74. The van der Waals surface area contributed by atoms with Crippen molar-refractivity contribution in [1.29, 1.82) is 0 Å². The summed E-state index contributed by atoms with van der Waals surface area (Å²) < 4.78 is 5.44. The first-order valence-corrected chi connectivity index (χ1v) is 7.30. The summed E-state index contributed by atoms with van der Waals surface area (Å²) in [5, 5.41) is 18.5. The smallest absolute Gasteiger partial charge is 0.312 e. The zero-order chi connectivity index (χ0) is 15.8. The van der Waals surface area contributed by atoms with E-state index < -0.39 is 10.8 Å². The highest BCUT2D eigenvalue weighted by molar-refractivity contribution is 5.81.